The van der Waals surface area contributed by atoms with Gasteiger partial charge in [0, 0.05) is 31.5 Å². The first-order valence-electron chi connectivity index (χ1n) is 6.64. The van der Waals surface area contributed by atoms with Crippen molar-refractivity contribution in [3.05, 3.63) is 30.1 Å². The summed E-state index contributed by atoms with van der Waals surface area (Å²) in [6, 6.07) is 4.38. The van der Waals surface area contributed by atoms with Crippen molar-refractivity contribution in [3.63, 3.8) is 0 Å². The Labute approximate surface area is 102 Å². The molecule has 3 heteroatoms. The number of pyridine rings is 1. The molecule has 1 N–H and O–H groups in total. The van der Waals surface area contributed by atoms with Gasteiger partial charge in [-0.2, -0.15) is 0 Å². The summed E-state index contributed by atoms with van der Waals surface area (Å²) in [5.74, 6) is 0.900. The molecule has 0 amide bonds. The van der Waals surface area contributed by atoms with Gasteiger partial charge in [-0.05, 0) is 43.2 Å². The molecule has 2 fully saturated rings. The highest BCUT2D eigenvalue weighted by Crippen LogP contribution is 2.33. The van der Waals surface area contributed by atoms with Gasteiger partial charge in [-0.3, -0.25) is 9.88 Å². The molecule has 0 bridgehead atoms. The largest absolute Gasteiger partial charge is 0.391 e. The Balaban J connectivity index is 1.66. The Kier molecular flexibility index (Phi) is 3.12. The lowest BCUT2D eigenvalue weighted by Crippen LogP contribution is -2.38. The van der Waals surface area contributed by atoms with Crippen LogP contribution >= 0.6 is 0 Å². The van der Waals surface area contributed by atoms with Crippen LogP contribution in [0.2, 0.25) is 0 Å². The molecular formula is C14H20N2O. The van der Waals surface area contributed by atoms with Crippen LogP contribution in [0.5, 0.6) is 0 Å². The van der Waals surface area contributed by atoms with E-state index in [1.54, 1.807) is 6.20 Å². The lowest BCUT2D eigenvalue weighted by molar-refractivity contribution is 0.113. The number of nitrogens with zero attached hydrogens (tertiary/aromatic N) is 2. The third-order valence-corrected chi connectivity index (χ3v) is 3.98. The molecule has 1 saturated carbocycles. The van der Waals surface area contributed by atoms with Gasteiger partial charge in [-0.1, -0.05) is 6.07 Å². The quantitative estimate of drug-likeness (QED) is 0.854. The van der Waals surface area contributed by atoms with E-state index in [2.05, 4.69) is 16.0 Å². The maximum absolute atomic E-state index is 10.1. The lowest BCUT2D eigenvalue weighted by Gasteiger charge is -2.26. The molecule has 17 heavy (non-hydrogen) atoms. The van der Waals surface area contributed by atoms with Crippen molar-refractivity contribution in [2.45, 2.75) is 37.8 Å². The van der Waals surface area contributed by atoms with E-state index in [0.29, 0.717) is 6.04 Å². The molecule has 1 saturated heterocycles. The fraction of sp³-hybridized carbons (Fsp3) is 0.643. The predicted molar refractivity (Wildman–Crippen MR) is 66.6 cm³/mol. The fourth-order valence-corrected chi connectivity index (χ4v) is 2.78. The topological polar surface area (TPSA) is 36.4 Å². The highest BCUT2D eigenvalue weighted by atomic mass is 16.3. The van der Waals surface area contributed by atoms with Crippen LogP contribution in [0.1, 0.15) is 24.8 Å². The highest BCUT2D eigenvalue weighted by Gasteiger charge is 2.36. The van der Waals surface area contributed by atoms with E-state index < -0.39 is 0 Å². The number of likely N-dealkylation sites (tertiary alicyclic amines) is 1. The van der Waals surface area contributed by atoms with Gasteiger partial charge in [0.05, 0.1) is 6.10 Å². The van der Waals surface area contributed by atoms with Crippen LogP contribution in [0.25, 0.3) is 0 Å². The molecule has 0 unspecified atom stereocenters. The molecule has 1 aromatic rings. The first kappa shape index (κ1) is 11.2. The van der Waals surface area contributed by atoms with Gasteiger partial charge >= 0.3 is 0 Å². The Morgan fingerprint density at radius 3 is 2.94 bits per heavy atom. The van der Waals surface area contributed by atoms with Gasteiger partial charge < -0.3 is 5.11 Å². The zero-order valence-electron chi connectivity index (χ0n) is 10.1. The van der Waals surface area contributed by atoms with Crippen molar-refractivity contribution in [3.8, 4) is 0 Å². The van der Waals surface area contributed by atoms with E-state index in [1.165, 1.54) is 24.9 Å². The van der Waals surface area contributed by atoms with Gasteiger partial charge in [-0.25, -0.2) is 0 Å². The summed E-state index contributed by atoms with van der Waals surface area (Å²) in [5, 5.41) is 10.1. The second-order valence-corrected chi connectivity index (χ2v) is 5.43. The number of aliphatic hydroxyl groups excluding tert-OH is 1. The van der Waals surface area contributed by atoms with Gasteiger partial charge in [0.1, 0.15) is 0 Å². The van der Waals surface area contributed by atoms with Crippen molar-refractivity contribution in [1.82, 2.24) is 9.88 Å². The van der Waals surface area contributed by atoms with Gasteiger partial charge in [0.2, 0.25) is 0 Å². The number of aromatic nitrogens is 1. The summed E-state index contributed by atoms with van der Waals surface area (Å²) in [6.45, 7) is 2.24. The van der Waals surface area contributed by atoms with Crippen LogP contribution in [-0.2, 0) is 6.42 Å². The second-order valence-electron chi connectivity index (χ2n) is 5.43. The Hall–Kier alpha value is -0.930. The van der Waals surface area contributed by atoms with Crippen molar-refractivity contribution in [2.24, 2.45) is 5.92 Å². The molecule has 2 aliphatic rings. The van der Waals surface area contributed by atoms with Gasteiger partial charge in [-0.15, -0.1) is 0 Å². The second kappa shape index (κ2) is 4.75. The van der Waals surface area contributed by atoms with Gasteiger partial charge in [0.25, 0.3) is 0 Å². The zero-order chi connectivity index (χ0) is 11.7. The first-order chi connectivity index (χ1) is 8.33. The summed E-state index contributed by atoms with van der Waals surface area (Å²) in [5.41, 5.74) is 1.24. The van der Waals surface area contributed by atoms with Crippen LogP contribution in [0.3, 0.4) is 0 Å². The molecule has 3 rings (SSSR count). The van der Waals surface area contributed by atoms with Crippen molar-refractivity contribution in [1.29, 1.82) is 0 Å². The number of hydrogen-bond donors (Lipinski definition) is 1. The zero-order valence-corrected chi connectivity index (χ0v) is 10.1. The molecule has 0 aromatic carbocycles. The van der Waals surface area contributed by atoms with E-state index in [1.807, 2.05) is 12.3 Å². The van der Waals surface area contributed by atoms with Gasteiger partial charge in [0.15, 0.2) is 0 Å². The number of rotatable bonds is 4. The number of aliphatic hydroxyl groups is 1. The van der Waals surface area contributed by atoms with E-state index in [0.717, 1.165) is 25.3 Å². The molecule has 1 aliphatic heterocycles. The SMILES string of the molecule is O[C@@H]1CCN(CC2CC2)[C@@H]1Cc1cccnc1. The minimum atomic E-state index is -0.158. The maximum atomic E-state index is 10.1. The lowest BCUT2D eigenvalue weighted by atomic mass is 10.0. The molecule has 2 heterocycles. The third-order valence-electron chi connectivity index (χ3n) is 3.98. The van der Waals surface area contributed by atoms with Crippen LogP contribution in [0.15, 0.2) is 24.5 Å². The number of hydrogen-bond acceptors (Lipinski definition) is 3. The van der Waals surface area contributed by atoms with Crippen LogP contribution in [-0.4, -0.2) is 40.2 Å². The molecule has 2 atom stereocenters. The minimum Gasteiger partial charge on any atom is -0.391 e. The fourth-order valence-electron chi connectivity index (χ4n) is 2.78. The maximum Gasteiger partial charge on any atom is 0.0710 e. The van der Waals surface area contributed by atoms with Crippen molar-refractivity contribution in [2.75, 3.05) is 13.1 Å². The van der Waals surface area contributed by atoms with E-state index >= 15 is 0 Å². The normalized spacial score (nSPS) is 29.7. The van der Waals surface area contributed by atoms with E-state index in [4.69, 9.17) is 0 Å². The van der Waals surface area contributed by atoms with E-state index in [-0.39, 0.29) is 6.10 Å². The van der Waals surface area contributed by atoms with Crippen LogP contribution in [0.4, 0.5) is 0 Å². The standard InChI is InChI=1S/C14H20N2O/c17-14-5-7-16(10-11-3-4-11)13(14)8-12-2-1-6-15-9-12/h1-2,6,9,11,13-14,17H,3-5,7-8,10H2/t13-,14-/m1/s1. The Bertz CT molecular complexity index is 364. The highest BCUT2D eigenvalue weighted by molar-refractivity contribution is 5.12. The minimum absolute atomic E-state index is 0.158. The molecule has 92 valence electrons. The molecule has 1 aliphatic carbocycles. The summed E-state index contributed by atoms with van der Waals surface area (Å²) in [7, 11) is 0. The van der Waals surface area contributed by atoms with E-state index in [9.17, 15) is 5.11 Å². The summed E-state index contributed by atoms with van der Waals surface area (Å²) >= 11 is 0. The average Bonchev–Trinajstić information content (AvgIpc) is 3.10. The van der Waals surface area contributed by atoms with Crippen LogP contribution < -0.4 is 0 Å². The average molecular weight is 232 g/mol. The van der Waals surface area contributed by atoms with Crippen molar-refractivity contribution < 1.29 is 5.11 Å². The first-order valence-corrected chi connectivity index (χ1v) is 6.64. The summed E-state index contributed by atoms with van der Waals surface area (Å²) < 4.78 is 0. The van der Waals surface area contributed by atoms with Crippen molar-refractivity contribution >= 4 is 0 Å². The smallest absolute Gasteiger partial charge is 0.0710 e. The molecule has 0 radical (unpaired) electrons. The third kappa shape index (κ3) is 2.67. The molecule has 3 nitrogen and oxygen atoms in total. The molecule has 1 aromatic heterocycles. The molecule has 0 spiro atoms. The predicted octanol–water partition coefficient (Wildman–Crippen LogP) is 1.47. The molecular weight excluding hydrogens is 212 g/mol. The summed E-state index contributed by atoms with van der Waals surface area (Å²) in [6.07, 6.45) is 8.18. The Morgan fingerprint density at radius 2 is 2.24 bits per heavy atom. The summed E-state index contributed by atoms with van der Waals surface area (Å²) in [4.78, 5) is 6.63. The van der Waals surface area contributed by atoms with Crippen LogP contribution in [0, 0.1) is 5.92 Å². The Morgan fingerprint density at radius 1 is 1.35 bits per heavy atom. The monoisotopic (exact) mass is 232 g/mol.